The molecule has 152 valence electrons. The standard InChI is InChI=1S/C23H30O4S/c1-3-28-23(24)16-22(27-18-20-11-13-21(25-2)14-12-20)10-7-15-26-17-19-8-5-4-6-9-19/h4-6,8-9,11-14,22H,3,7,10,15-18H2,1-2H3/t22-/m1/s1. The Morgan fingerprint density at radius 1 is 1.00 bits per heavy atom. The number of carbonyl (C=O) groups is 1. The van der Waals surface area contributed by atoms with Crippen LogP contribution < -0.4 is 4.74 Å². The summed E-state index contributed by atoms with van der Waals surface area (Å²) < 4.78 is 17.0. The number of thioether (sulfide) groups is 1. The highest BCUT2D eigenvalue weighted by Crippen LogP contribution is 2.17. The minimum absolute atomic E-state index is 0.0889. The van der Waals surface area contributed by atoms with Crippen LogP contribution in [0.25, 0.3) is 0 Å². The van der Waals surface area contributed by atoms with Gasteiger partial charge in [0.25, 0.3) is 0 Å². The van der Waals surface area contributed by atoms with Gasteiger partial charge in [-0.3, -0.25) is 4.79 Å². The fourth-order valence-electron chi connectivity index (χ4n) is 2.76. The summed E-state index contributed by atoms with van der Waals surface area (Å²) in [6.07, 6.45) is 2.02. The monoisotopic (exact) mass is 402 g/mol. The minimum atomic E-state index is -0.0889. The molecule has 0 amide bonds. The normalized spacial score (nSPS) is 11.9. The second kappa shape index (κ2) is 13.4. The van der Waals surface area contributed by atoms with Crippen LogP contribution in [0.5, 0.6) is 5.75 Å². The molecule has 0 N–H and O–H groups in total. The van der Waals surface area contributed by atoms with Crippen LogP contribution in [-0.2, 0) is 27.5 Å². The van der Waals surface area contributed by atoms with E-state index in [0.717, 1.165) is 29.9 Å². The number of methoxy groups -OCH3 is 1. The molecule has 0 fully saturated rings. The second-order valence-electron chi connectivity index (χ2n) is 6.47. The van der Waals surface area contributed by atoms with Crippen molar-refractivity contribution >= 4 is 16.9 Å². The third-order valence-electron chi connectivity index (χ3n) is 4.27. The molecule has 0 bridgehead atoms. The van der Waals surface area contributed by atoms with Crippen LogP contribution in [0, 0.1) is 0 Å². The van der Waals surface area contributed by atoms with Gasteiger partial charge in [-0.1, -0.05) is 61.2 Å². The maximum Gasteiger partial charge on any atom is 0.191 e. The van der Waals surface area contributed by atoms with Gasteiger partial charge in [-0.2, -0.15) is 0 Å². The zero-order valence-corrected chi connectivity index (χ0v) is 17.6. The third-order valence-corrected chi connectivity index (χ3v) is 5.05. The van der Waals surface area contributed by atoms with E-state index in [0.29, 0.717) is 26.2 Å². The lowest BCUT2D eigenvalue weighted by atomic mass is 10.1. The van der Waals surface area contributed by atoms with Gasteiger partial charge in [0.2, 0.25) is 0 Å². The van der Waals surface area contributed by atoms with Gasteiger partial charge in [-0.05, 0) is 41.9 Å². The molecule has 0 aliphatic heterocycles. The van der Waals surface area contributed by atoms with Crippen molar-refractivity contribution in [1.82, 2.24) is 0 Å². The van der Waals surface area contributed by atoms with Crippen molar-refractivity contribution in [3.8, 4) is 5.75 Å². The third kappa shape index (κ3) is 8.91. The Balaban J connectivity index is 1.76. The predicted molar refractivity (Wildman–Crippen MR) is 115 cm³/mol. The fraction of sp³-hybridized carbons (Fsp3) is 0.435. The van der Waals surface area contributed by atoms with E-state index in [1.807, 2.05) is 49.4 Å². The van der Waals surface area contributed by atoms with Crippen LogP contribution >= 0.6 is 11.8 Å². The van der Waals surface area contributed by atoms with Crippen LogP contribution in [0.1, 0.15) is 37.3 Å². The molecule has 0 aliphatic carbocycles. The Labute approximate surface area is 172 Å². The SMILES string of the molecule is CCSC(=O)C[C@@H](CCCOCc1ccccc1)OCc1ccc(OC)cc1. The van der Waals surface area contributed by atoms with E-state index in [2.05, 4.69) is 12.1 Å². The van der Waals surface area contributed by atoms with Crippen LogP contribution in [0.4, 0.5) is 0 Å². The highest BCUT2D eigenvalue weighted by Gasteiger charge is 2.15. The number of carbonyl (C=O) groups excluding carboxylic acids is 1. The smallest absolute Gasteiger partial charge is 0.191 e. The van der Waals surface area contributed by atoms with E-state index in [1.54, 1.807) is 7.11 Å². The number of benzene rings is 2. The summed E-state index contributed by atoms with van der Waals surface area (Å²) in [6, 6.07) is 18.0. The molecule has 0 saturated carbocycles. The van der Waals surface area contributed by atoms with Crippen molar-refractivity contribution in [2.75, 3.05) is 19.5 Å². The molecule has 2 aromatic carbocycles. The summed E-state index contributed by atoms with van der Waals surface area (Å²) in [6.45, 7) is 3.76. The summed E-state index contributed by atoms with van der Waals surface area (Å²) in [4.78, 5) is 12.1. The highest BCUT2D eigenvalue weighted by atomic mass is 32.2. The van der Waals surface area contributed by atoms with Crippen molar-refractivity contribution in [2.24, 2.45) is 0 Å². The van der Waals surface area contributed by atoms with Gasteiger partial charge in [0.05, 0.1) is 26.4 Å². The van der Waals surface area contributed by atoms with Gasteiger partial charge in [0.15, 0.2) is 5.12 Å². The van der Waals surface area contributed by atoms with E-state index in [4.69, 9.17) is 14.2 Å². The fourth-order valence-corrected chi connectivity index (χ4v) is 3.39. The zero-order chi connectivity index (χ0) is 20.0. The van der Waals surface area contributed by atoms with Crippen molar-refractivity contribution in [1.29, 1.82) is 0 Å². The predicted octanol–water partition coefficient (Wildman–Crippen LogP) is 5.25. The zero-order valence-electron chi connectivity index (χ0n) is 16.8. The Hall–Kier alpha value is -1.82. The average Bonchev–Trinajstić information content (AvgIpc) is 2.73. The van der Waals surface area contributed by atoms with Gasteiger partial charge in [-0.25, -0.2) is 0 Å². The summed E-state index contributed by atoms with van der Waals surface area (Å²) in [7, 11) is 1.65. The second-order valence-corrected chi connectivity index (χ2v) is 7.79. The lowest BCUT2D eigenvalue weighted by molar-refractivity contribution is -0.114. The van der Waals surface area contributed by atoms with Crippen molar-refractivity contribution in [2.45, 2.75) is 45.5 Å². The Morgan fingerprint density at radius 2 is 1.71 bits per heavy atom. The van der Waals surface area contributed by atoms with Gasteiger partial charge in [-0.15, -0.1) is 0 Å². The van der Waals surface area contributed by atoms with E-state index >= 15 is 0 Å². The number of rotatable bonds is 13. The van der Waals surface area contributed by atoms with Crippen LogP contribution in [-0.4, -0.2) is 30.7 Å². The van der Waals surface area contributed by atoms with Gasteiger partial charge >= 0.3 is 0 Å². The first-order chi connectivity index (χ1) is 13.7. The first kappa shape index (κ1) is 22.5. The molecule has 4 nitrogen and oxygen atoms in total. The number of hydrogen-bond donors (Lipinski definition) is 0. The summed E-state index contributed by atoms with van der Waals surface area (Å²) >= 11 is 1.36. The molecular weight excluding hydrogens is 372 g/mol. The van der Waals surface area contributed by atoms with Crippen LogP contribution in [0.3, 0.4) is 0 Å². The first-order valence-corrected chi connectivity index (χ1v) is 10.7. The molecule has 0 aromatic heterocycles. The molecule has 0 aliphatic rings. The summed E-state index contributed by atoms with van der Waals surface area (Å²) in [5.41, 5.74) is 2.24. The van der Waals surface area contributed by atoms with Gasteiger partial charge < -0.3 is 14.2 Å². The molecule has 0 heterocycles. The maximum atomic E-state index is 12.1. The first-order valence-electron chi connectivity index (χ1n) is 9.73. The Morgan fingerprint density at radius 3 is 2.39 bits per heavy atom. The topological polar surface area (TPSA) is 44.8 Å². The van der Waals surface area contributed by atoms with E-state index < -0.39 is 0 Å². The van der Waals surface area contributed by atoms with Crippen molar-refractivity contribution < 1.29 is 19.0 Å². The largest absolute Gasteiger partial charge is 0.497 e. The molecule has 1 atom stereocenters. The Bertz CT molecular complexity index is 673. The van der Waals surface area contributed by atoms with Gasteiger partial charge in [0.1, 0.15) is 5.75 Å². The van der Waals surface area contributed by atoms with Crippen LogP contribution in [0.2, 0.25) is 0 Å². The van der Waals surface area contributed by atoms with Crippen molar-refractivity contribution in [3.63, 3.8) is 0 Å². The maximum absolute atomic E-state index is 12.1. The molecule has 2 aromatic rings. The molecular formula is C23H30O4S. The van der Waals surface area contributed by atoms with E-state index in [-0.39, 0.29) is 11.2 Å². The molecule has 0 unspecified atom stereocenters. The molecule has 0 spiro atoms. The van der Waals surface area contributed by atoms with Gasteiger partial charge in [0, 0.05) is 13.0 Å². The Kier molecular flexibility index (Phi) is 10.7. The number of hydrogen-bond acceptors (Lipinski definition) is 5. The van der Waals surface area contributed by atoms with E-state index in [1.165, 1.54) is 17.3 Å². The summed E-state index contributed by atoms with van der Waals surface area (Å²) in [5.74, 6) is 1.62. The molecule has 0 radical (unpaired) electrons. The number of ether oxygens (including phenoxy) is 3. The highest BCUT2D eigenvalue weighted by molar-refractivity contribution is 8.13. The summed E-state index contributed by atoms with van der Waals surface area (Å²) in [5, 5.41) is 0.187. The average molecular weight is 403 g/mol. The van der Waals surface area contributed by atoms with Crippen LogP contribution in [0.15, 0.2) is 54.6 Å². The molecule has 5 heteroatoms. The molecule has 2 rings (SSSR count). The van der Waals surface area contributed by atoms with E-state index in [9.17, 15) is 4.79 Å². The lowest BCUT2D eigenvalue weighted by Gasteiger charge is -2.17. The molecule has 0 saturated heterocycles. The minimum Gasteiger partial charge on any atom is -0.497 e. The molecule has 28 heavy (non-hydrogen) atoms. The lowest BCUT2D eigenvalue weighted by Crippen LogP contribution is -2.17. The quantitative estimate of drug-likeness (QED) is 0.428. The van der Waals surface area contributed by atoms with Crippen molar-refractivity contribution in [3.05, 3.63) is 65.7 Å².